The van der Waals surface area contributed by atoms with E-state index in [-0.39, 0.29) is 27.9 Å². The van der Waals surface area contributed by atoms with Crippen LogP contribution >= 0.6 is 11.3 Å². The summed E-state index contributed by atoms with van der Waals surface area (Å²) in [5.41, 5.74) is 0.524. The molecule has 0 radical (unpaired) electrons. The van der Waals surface area contributed by atoms with Crippen molar-refractivity contribution in [2.24, 2.45) is 0 Å². The highest BCUT2D eigenvalue weighted by Crippen LogP contribution is 2.31. The molecule has 1 aromatic carbocycles. The molecule has 3 heterocycles. The molecule has 1 fully saturated rings. The van der Waals surface area contributed by atoms with Crippen molar-refractivity contribution in [3.63, 3.8) is 0 Å². The lowest BCUT2D eigenvalue weighted by Crippen LogP contribution is -2.26. The van der Waals surface area contributed by atoms with Crippen molar-refractivity contribution in [2.75, 3.05) is 17.7 Å². The summed E-state index contributed by atoms with van der Waals surface area (Å²) in [5, 5.41) is 15.7. The molecule has 152 valence electrons. The first-order chi connectivity index (χ1) is 13.8. The molecule has 0 aliphatic carbocycles. The summed E-state index contributed by atoms with van der Waals surface area (Å²) in [5.74, 6) is -0.853. The number of amides is 1. The van der Waals surface area contributed by atoms with Gasteiger partial charge in [-0.05, 0) is 18.2 Å². The van der Waals surface area contributed by atoms with Gasteiger partial charge in [0, 0.05) is 18.0 Å². The molecule has 13 heteroatoms. The average Bonchev–Trinajstić information content (AvgIpc) is 3.36. The van der Waals surface area contributed by atoms with E-state index in [1.807, 2.05) is 0 Å². The lowest BCUT2D eigenvalue weighted by molar-refractivity contribution is 0.129. The molecule has 0 bridgehead atoms. The number of nitrogens with zero attached hydrogens (tertiary/aromatic N) is 6. The Morgan fingerprint density at radius 3 is 2.86 bits per heavy atom. The molecule has 2 aromatic heterocycles. The van der Waals surface area contributed by atoms with Crippen LogP contribution in [0.3, 0.4) is 0 Å². The monoisotopic (exact) mass is 438 g/mol. The van der Waals surface area contributed by atoms with Gasteiger partial charge in [-0.1, -0.05) is 16.6 Å². The number of anilines is 1. The van der Waals surface area contributed by atoms with Crippen molar-refractivity contribution in [1.82, 2.24) is 25.2 Å². The quantitative estimate of drug-likeness (QED) is 0.568. The van der Waals surface area contributed by atoms with Gasteiger partial charge in [-0.3, -0.25) is 4.90 Å². The second-order valence-corrected chi connectivity index (χ2v) is 9.68. The van der Waals surface area contributed by atoms with E-state index in [1.54, 1.807) is 16.9 Å². The van der Waals surface area contributed by atoms with E-state index < -0.39 is 27.9 Å². The van der Waals surface area contributed by atoms with Crippen LogP contribution in [0.15, 0.2) is 30.6 Å². The highest BCUT2D eigenvalue weighted by Gasteiger charge is 2.33. The fourth-order valence-electron chi connectivity index (χ4n) is 2.86. The summed E-state index contributed by atoms with van der Waals surface area (Å²) in [7, 11) is -3.26. The van der Waals surface area contributed by atoms with Gasteiger partial charge in [0.1, 0.15) is 22.7 Å². The van der Waals surface area contributed by atoms with E-state index >= 15 is 0 Å². The van der Waals surface area contributed by atoms with Crippen molar-refractivity contribution in [3.8, 4) is 10.6 Å². The Bertz CT molecular complexity index is 1150. The first-order valence-electron chi connectivity index (χ1n) is 8.41. The van der Waals surface area contributed by atoms with Crippen molar-refractivity contribution in [2.45, 2.75) is 18.4 Å². The van der Waals surface area contributed by atoms with Crippen LogP contribution < -0.4 is 4.90 Å². The molecular weight excluding hydrogens is 423 g/mol. The lowest BCUT2D eigenvalue weighted by atomic mass is 10.2. The largest absolute Gasteiger partial charge is 0.442 e. The minimum absolute atomic E-state index is 0.178. The van der Waals surface area contributed by atoms with Gasteiger partial charge in [0.25, 0.3) is 0 Å². The van der Waals surface area contributed by atoms with Crippen molar-refractivity contribution in [1.29, 1.82) is 0 Å². The van der Waals surface area contributed by atoms with Gasteiger partial charge in [-0.2, -0.15) is 0 Å². The fraction of sp³-hybridized carbons (Fsp3) is 0.312. The van der Waals surface area contributed by atoms with Gasteiger partial charge in [0.05, 0.1) is 25.0 Å². The lowest BCUT2D eigenvalue weighted by Gasteiger charge is -2.13. The number of hydrogen-bond donors (Lipinski definition) is 0. The summed E-state index contributed by atoms with van der Waals surface area (Å²) in [6.07, 6.45) is 3.26. The summed E-state index contributed by atoms with van der Waals surface area (Å²) < 4.78 is 44.3. The number of halogens is 1. The zero-order chi connectivity index (χ0) is 20.6. The third-order valence-electron chi connectivity index (χ3n) is 4.08. The van der Waals surface area contributed by atoms with Gasteiger partial charge < -0.3 is 4.74 Å². The molecule has 10 nitrogen and oxygen atoms in total. The molecule has 1 aliphatic heterocycles. The van der Waals surface area contributed by atoms with Gasteiger partial charge in [0.2, 0.25) is 0 Å². The molecule has 1 amide bonds. The van der Waals surface area contributed by atoms with E-state index in [4.69, 9.17) is 4.74 Å². The van der Waals surface area contributed by atoms with E-state index in [1.165, 1.54) is 23.2 Å². The Balaban J connectivity index is 1.51. The number of hydrogen-bond acceptors (Lipinski definition) is 9. The van der Waals surface area contributed by atoms with Crippen molar-refractivity contribution < 1.29 is 22.3 Å². The topological polar surface area (TPSA) is 120 Å². The van der Waals surface area contributed by atoms with E-state index in [0.717, 1.165) is 17.6 Å². The Morgan fingerprint density at radius 2 is 2.17 bits per heavy atom. The van der Waals surface area contributed by atoms with Crippen molar-refractivity contribution in [3.05, 3.63) is 41.4 Å². The average molecular weight is 438 g/mol. The molecule has 0 spiro atoms. The van der Waals surface area contributed by atoms with Gasteiger partial charge in [-0.25, -0.2) is 22.3 Å². The molecule has 0 saturated carbocycles. The maximum Gasteiger partial charge on any atom is 0.414 e. The maximum atomic E-state index is 14.7. The number of cyclic esters (lactones) is 1. The van der Waals surface area contributed by atoms with E-state index in [9.17, 15) is 17.6 Å². The number of aromatic nitrogens is 5. The number of carbonyl (C=O) groups excluding carboxylic acids is 1. The highest BCUT2D eigenvalue weighted by molar-refractivity contribution is 7.90. The molecule has 1 saturated heterocycles. The molecule has 1 aliphatic rings. The fourth-order valence-corrected chi connectivity index (χ4v) is 4.90. The zero-order valence-electron chi connectivity index (χ0n) is 15.1. The number of sulfone groups is 1. The van der Waals surface area contributed by atoms with Crippen LogP contribution in [0.4, 0.5) is 14.9 Å². The number of benzene rings is 1. The van der Waals surface area contributed by atoms with E-state index in [0.29, 0.717) is 12.2 Å². The van der Waals surface area contributed by atoms with Crippen LogP contribution in [0, 0.1) is 5.82 Å². The smallest absolute Gasteiger partial charge is 0.414 e. The first-order valence-corrected chi connectivity index (χ1v) is 11.3. The first kappa shape index (κ1) is 19.4. The minimum Gasteiger partial charge on any atom is -0.442 e. The van der Waals surface area contributed by atoms with E-state index in [2.05, 4.69) is 20.5 Å². The van der Waals surface area contributed by atoms with Gasteiger partial charge >= 0.3 is 6.09 Å². The molecular formula is C16H15FN6O4S2. The van der Waals surface area contributed by atoms with Crippen LogP contribution in [-0.4, -0.2) is 58.6 Å². The summed E-state index contributed by atoms with van der Waals surface area (Å²) in [6, 6.07) is 4.27. The number of rotatable bonds is 6. The van der Waals surface area contributed by atoms with Crippen LogP contribution in [0.25, 0.3) is 10.6 Å². The molecule has 29 heavy (non-hydrogen) atoms. The molecule has 3 aromatic rings. The van der Waals surface area contributed by atoms with Gasteiger partial charge in [0.15, 0.2) is 14.8 Å². The summed E-state index contributed by atoms with van der Waals surface area (Å²) >= 11 is 1.01. The summed E-state index contributed by atoms with van der Waals surface area (Å²) in [6.45, 7) is 0.589. The third-order valence-corrected chi connectivity index (χ3v) is 6.02. The predicted molar refractivity (Wildman–Crippen MR) is 101 cm³/mol. The Kier molecular flexibility index (Phi) is 5.00. The van der Waals surface area contributed by atoms with Gasteiger partial charge in [-0.15, -0.1) is 15.3 Å². The summed E-state index contributed by atoms with van der Waals surface area (Å²) in [4.78, 5) is 13.5. The van der Waals surface area contributed by atoms with Crippen LogP contribution in [-0.2, 0) is 26.9 Å². The molecule has 1 atom stereocenters. The predicted octanol–water partition coefficient (Wildman–Crippen LogP) is 1.51. The molecule has 0 N–H and O–H groups in total. The Labute approximate surface area is 168 Å². The normalized spacial score (nSPS) is 17.0. The third kappa shape index (κ3) is 4.40. The SMILES string of the molecule is CS(=O)(=O)Cc1nnc(-c2ccc(N3C[C@H](Cn4ccnn4)OC3=O)cc2F)s1. The minimum atomic E-state index is -3.26. The second kappa shape index (κ2) is 7.48. The van der Waals surface area contributed by atoms with Crippen molar-refractivity contribution >= 4 is 33.0 Å². The maximum absolute atomic E-state index is 14.7. The van der Waals surface area contributed by atoms with Crippen LogP contribution in [0.5, 0.6) is 0 Å². The molecule has 4 rings (SSSR count). The second-order valence-electron chi connectivity index (χ2n) is 6.48. The zero-order valence-corrected chi connectivity index (χ0v) is 16.7. The number of ether oxygens (including phenoxy) is 1. The highest BCUT2D eigenvalue weighted by atomic mass is 32.2. The standard InChI is InChI=1S/C16H15FN6O4S2/c1-29(25,26)9-14-19-20-15(28-14)12-3-2-10(6-13(12)17)23-8-11(27-16(23)24)7-22-5-4-18-21-22/h2-6,11H,7-9H2,1H3/t11-/m0/s1. The van der Waals surface area contributed by atoms with Crippen LogP contribution in [0.2, 0.25) is 0 Å². The van der Waals surface area contributed by atoms with Crippen LogP contribution in [0.1, 0.15) is 5.01 Å². The Hall–Kier alpha value is -2.93. The molecule has 0 unspecified atom stereocenters. The number of carbonyl (C=O) groups is 1. The Morgan fingerprint density at radius 1 is 1.34 bits per heavy atom.